The van der Waals surface area contributed by atoms with Gasteiger partial charge in [0.15, 0.2) is 0 Å². The summed E-state index contributed by atoms with van der Waals surface area (Å²) >= 11 is 0. The fourth-order valence-corrected chi connectivity index (χ4v) is 5.30. The van der Waals surface area contributed by atoms with Crippen LogP contribution in [0.5, 0.6) is 0 Å². The van der Waals surface area contributed by atoms with Crippen LogP contribution in [0, 0.1) is 17.3 Å². The van der Waals surface area contributed by atoms with Crippen molar-refractivity contribution < 1.29 is 8.42 Å². The Hall–Kier alpha value is -0.0900. The van der Waals surface area contributed by atoms with Crippen LogP contribution >= 0.6 is 0 Å². The monoisotopic (exact) mass is 301 g/mol. The summed E-state index contributed by atoms with van der Waals surface area (Å²) in [6, 6.07) is 0.204. The van der Waals surface area contributed by atoms with Crippen molar-refractivity contribution in [2.45, 2.75) is 76.5 Å². The molecule has 2 aliphatic rings. The Morgan fingerprint density at radius 3 is 2.20 bits per heavy atom. The second kappa shape index (κ2) is 5.96. The third-order valence-electron chi connectivity index (χ3n) is 5.74. The van der Waals surface area contributed by atoms with Gasteiger partial charge in [0.25, 0.3) is 0 Å². The minimum Gasteiger partial charge on any atom is -0.327 e. The Morgan fingerprint density at radius 2 is 1.65 bits per heavy atom. The summed E-state index contributed by atoms with van der Waals surface area (Å²) in [5.41, 5.74) is 6.99. The van der Waals surface area contributed by atoms with E-state index < -0.39 is 9.84 Å². The second-order valence-corrected chi connectivity index (χ2v) is 10.3. The van der Waals surface area contributed by atoms with Gasteiger partial charge in [-0.15, -0.1) is 0 Å². The summed E-state index contributed by atoms with van der Waals surface area (Å²) in [4.78, 5) is 0. The van der Waals surface area contributed by atoms with E-state index in [4.69, 9.17) is 5.73 Å². The van der Waals surface area contributed by atoms with Crippen molar-refractivity contribution in [1.82, 2.24) is 0 Å². The molecule has 2 aliphatic carbocycles. The van der Waals surface area contributed by atoms with E-state index in [1.54, 1.807) is 0 Å². The van der Waals surface area contributed by atoms with Gasteiger partial charge in [-0.2, -0.15) is 0 Å². The zero-order valence-corrected chi connectivity index (χ0v) is 14.1. The van der Waals surface area contributed by atoms with E-state index in [-0.39, 0.29) is 11.3 Å². The molecule has 0 bridgehead atoms. The highest BCUT2D eigenvalue weighted by atomic mass is 32.2. The molecule has 0 aromatic carbocycles. The molecule has 2 N–H and O–H groups in total. The van der Waals surface area contributed by atoms with E-state index in [2.05, 4.69) is 13.8 Å². The van der Waals surface area contributed by atoms with Crippen molar-refractivity contribution in [2.75, 3.05) is 6.26 Å². The molecule has 0 amide bonds. The van der Waals surface area contributed by atoms with Crippen molar-refractivity contribution in [2.24, 2.45) is 23.0 Å². The molecule has 2 fully saturated rings. The number of sulfone groups is 1. The lowest BCUT2D eigenvalue weighted by Gasteiger charge is -2.41. The van der Waals surface area contributed by atoms with Gasteiger partial charge in [0.05, 0.1) is 5.25 Å². The quantitative estimate of drug-likeness (QED) is 0.871. The van der Waals surface area contributed by atoms with E-state index >= 15 is 0 Å². The fourth-order valence-electron chi connectivity index (χ4n) is 4.11. The van der Waals surface area contributed by atoms with Crippen LogP contribution in [0.1, 0.15) is 65.2 Å². The number of rotatable bonds is 3. The van der Waals surface area contributed by atoms with Crippen molar-refractivity contribution in [3.05, 3.63) is 0 Å². The molecule has 0 radical (unpaired) electrons. The molecule has 3 atom stereocenters. The SMILES string of the molecule is CC1(C)CCC(C(N)C2CCCC(S(C)(=O)=O)C2)CC1. The minimum atomic E-state index is -2.90. The van der Waals surface area contributed by atoms with Crippen molar-refractivity contribution in [3.8, 4) is 0 Å². The zero-order chi connectivity index (χ0) is 15.0. The molecule has 0 saturated heterocycles. The number of hydrogen-bond acceptors (Lipinski definition) is 3. The minimum absolute atomic E-state index is 0.146. The van der Waals surface area contributed by atoms with Crippen LogP contribution < -0.4 is 5.73 Å². The van der Waals surface area contributed by atoms with Gasteiger partial charge >= 0.3 is 0 Å². The number of hydrogen-bond donors (Lipinski definition) is 1. The van der Waals surface area contributed by atoms with Gasteiger partial charge in [0.2, 0.25) is 0 Å². The van der Waals surface area contributed by atoms with Gasteiger partial charge in [0, 0.05) is 12.3 Å². The Balaban J connectivity index is 1.94. The van der Waals surface area contributed by atoms with Crippen LogP contribution in [0.25, 0.3) is 0 Å². The average molecular weight is 301 g/mol. The highest BCUT2D eigenvalue weighted by molar-refractivity contribution is 7.91. The molecule has 0 aromatic rings. The molecule has 4 heteroatoms. The summed E-state index contributed by atoms with van der Waals surface area (Å²) in [6.07, 6.45) is 10.1. The molecule has 0 spiro atoms. The second-order valence-electron chi connectivity index (χ2n) is 7.96. The average Bonchev–Trinajstić information content (AvgIpc) is 2.37. The third kappa shape index (κ3) is 3.97. The van der Waals surface area contributed by atoms with E-state index in [0.717, 1.165) is 25.7 Å². The Morgan fingerprint density at radius 1 is 1.05 bits per heavy atom. The lowest BCUT2D eigenvalue weighted by atomic mass is 9.68. The maximum Gasteiger partial charge on any atom is 0.150 e. The largest absolute Gasteiger partial charge is 0.327 e. The maximum absolute atomic E-state index is 11.8. The topological polar surface area (TPSA) is 60.2 Å². The van der Waals surface area contributed by atoms with Crippen molar-refractivity contribution >= 4 is 9.84 Å². The molecule has 3 unspecified atom stereocenters. The van der Waals surface area contributed by atoms with Gasteiger partial charge in [-0.1, -0.05) is 20.3 Å². The molecule has 0 aliphatic heterocycles. The standard InChI is InChI=1S/C16H31NO2S/c1-16(2)9-7-12(8-10-16)15(17)13-5-4-6-14(11-13)20(3,18)19/h12-15H,4-11,17H2,1-3H3. The third-order valence-corrected chi connectivity index (χ3v) is 7.38. The predicted molar refractivity (Wildman–Crippen MR) is 84.3 cm³/mol. The highest BCUT2D eigenvalue weighted by Crippen LogP contribution is 2.42. The van der Waals surface area contributed by atoms with Crippen molar-refractivity contribution in [1.29, 1.82) is 0 Å². The molecule has 20 heavy (non-hydrogen) atoms. The van der Waals surface area contributed by atoms with Gasteiger partial charge in [-0.25, -0.2) is 8.42 Å². The van der Waals surface area contributed by atoms with Crippen LogP contribution in [0.3, 0.4) is 0 Å². The molecule has 0 heterocycles. The van der Waals surface area contributed by atoms with Crippen LogP contribution in [-0.2, 0) is 9.84 Å². The first-order valence-electron chi connectivity index (χ1n) is 8.13. The smallest absolute Gasteiger partial charge is 0.150 e. The normalized spacial score (nSPS) is 33.8. The van der Waals surface area contributed by atoms with E-state index in [9.17, 15) is 8.42 Å². The molecule has 2 rings (SSSR count). The van der Waals surface area contributed by atoms with Gasteiger partial charge < -0.3 is 5.73 Å². The molecular formula is C16H31NO2S. The van der Waals surface area contributed by atoms with Crippen LogP contribution in [0.2, 0.25) is 0 Å². The molecular weight excluding hydrogens is 270 g/mol. The van der Waals surface area contributed by atoms with Gasteiger partial charge in [-0.05, 0) is 62.2 Å². The summed E-state index contributed by atoms with van der Waals surface area (Å²) < 4.78 is 23.6. The fraction of sp³-hybridized carbons (Fsp3) is 1.00. The molecule has 3 nitrogen and oxygen atoms in total. The first kappa shape index (κ1) is 16.3. The maximum atomic E-state index is 11.8. The van der Waals surface area contributed by atoms with Gasteiger partial charge in [0.1, 0.15) is 9.84 Å². The van der Waals surface area contributed by atoms with E-state index in [1.807, 2.05) is 0 Å². The van der Waals surface area contributed by atoms with E-state index in [0.29, 0.717) is 17.3 Å². The number of nitrogens with two attached hydrogens (primary N) is 1. The van der Waals surface area contributed by atoms with Crippen LogP contribution in [0.4, 0.5) is 0 Å². The summed E-state index contributed by atoms with van der Waals surface area (Å²) in [5, 5.41) is -0.146. The Labute approximate surface area is 124 Å². The molecule has 2 saturated carbocycles. The first-order chi connectivity index (χ1) is 9.19. The lowest BCUT2D eigenvalue weighted by molar-refractivity contribution is 0.140. The Bertz CT molecular complexity index is 420. The van der Waals surface area contributed by atoms with Crippen molar-refractivity contribution in [3.63, 3.8) is 0 Å². The van der Waals surface area contributed by atoms with Crippen LogP contribution in [0.15, 0.2) is 0 Å². The first-order valence-corrected chi connectivity index (χ1v) is 10.1. The summed E-state index contributed by atoms with van der Waals surface area (Å²) in [7, 11) is -2.90. The zero-order valence-electron chi connectivity index (χ0n) is 13.3. The molecule has 0 aromatic heterocycles. The predicted octanol–water partition coefficient (Wildman–Crippen LogP) is 3.13. The highest BCUT2D eigenvalue weighted by Gasteiger charge is 2.37. The lowest BCUT2D eigenvalue weighted by Crippen LogP contribution is -2.44. The summed E-state index contributed by atoms with van der Waals surface area (Å²) in [5.74, 6) is 1.01. The van der Waals surface area contributed by atoms with Gasteiger partial charge in [-0.3, -0.25) is 0 Å². The van der Waals surface area contributed by atoms with E-state index in [1.165, 1.54) is 31.9 Å². The summed E-state index contributed by atoms with van der Waals surface area (Å²) in [6.45, 7) is 4.68. The van der Waals surface area contributed by atoms with Crippen LogP contribution in [-0.4, -0.2) is 26.0 Å². The molecule has 118 valence electrons. The Kier molecular flexibility index (Phi) is 4.85.